The topological polar surface area (TPSA) is 89.5 Å². The number of hydrogen-bond donors (Lipinski definition) is 0. The first-order valence-electron chi connectivity index (χ1n) is 7.59. The van der Waals surface area contributed by atoms with Gasteiger partial charge >= 0.3 is 11.9 Å². The van der Waals surface area contributed by atoms with Crippen LogP contribution in [0.1, 0.15) is 11.7 Å². The second-order valence-electron chi connectivity index (χ2n) is 5.39. The Morgan fingerprint density at radius 3 is 1.92 bits per heavy atom. The van der Waals surface area contributed by atoms with Crippen LogP contribution in [0.15, 0.2) is 12.1 Å². The highest BCUT2D eigenvalue weighted by Crippen LogP contribution is 2.45. The number of carbonyl (C=O) groups excluding carboxylic acids is 2. The van der Waals surface area contributed by atoms with Gasteiger partial charge in [0.2, 0.25) is 5.75 Å². The van der Waals surface area contributed by atoms with Gasteiger partial charge in [-0.05, 0) is 17.7 Å². The van der Waals surface area contributed by atoms with Gasteiger partial charge in [-0.2, -0.15) is 0 Å². The molecule has 0 spiro atoms. The Hall–Kier alpha value is -2.48. The summed E-state index contributed by atoms with van der Waals surface area (Å²) in [7, 11) is 7.01. The van der Waals surface area contributed by atoms with Gasteiger partial charge in [-0.3, -0.25) is 9.59 Å². The number of hydrogen-bond acceptors (Lipinski definition) is 8. The van der Waals surface area contributed by atoms with E-state index in [4.69, 9.17) is 28.4 Å². The molecule has 1 aliphatic heterocycles. The molecule has 1 aliphatic rings. The van der Waals surface area contributed by atoms with Gasteiger partial charge in [-0.1, -0.05) is 0 Å². The van der Waals surface area contributed by atoms with Crippen LogP contribution in [0.2, 0.25) is 0 Å². The molecule has 2 rings (SSSR count). The lowest BCUT2D eigenvalue weighted by Gasteiger charge is -2.21. The van der Waals surface area contributed by atoms with Gasteiger partial charge in [0.25, 0.3) is 0 Å². The molecule has 0 N–H and O–H groups in total. The zero-order valence-electron chi connectivity index (χ0n) is 14.9. The molecule has 0 aliphatic carbocycles. The summed E-state index contributed by atoms with van der Waals surface area (Å²) in [6.07, 6.45) is -0.703. The minimum Gasteiger partial charge on any atom is -0.493 e. The fraction of sp³-hybridized carbons (Fsp3) is 0.529. The van der Waals surface area contributed by atoms with Gasteiger partial charge in [0.05, 0.1) is 54.2 Å². The standard InChI is InChI=1S/C17H22O8/c1-20-11-6-9(7-12(21-2)15(11)22-3)14-13(17(19)24-5)10(8-25-14)16(18)23-4/h6-7,10,13-14H,8H2,1-5H3/t10-,13+,14+/m0/s1. The molecule has 8 nitrogen and oxygen atoms in total. The SMILES string of the molecule is COC(=O)[C@@H]1[C@@H](C(=O)OC)CO[C@@H]1c1cc(OC)c(OC)c(OC)c1. The molecule has 3 atom stereocenters. The third kappa shape index (κ3) is 3.48. The van der Waals surface area contributed by atoms with E-state index in [9.17, 15) is 9.59 Å². The molecule has 1 fully saturated rings. The molecule has 1 aromatic rings. The normalized spacial score (nSPS) is 22.2. The Kier molecular flexibility index (Phi) is 6.08. The van der Waals surface area contributed by atoms with Crippen molar-refractivity contribution in [1.82, 2.24) is 0 Å². The first-order chi connectivity index (χ1) is 12.0. The maximum absolute atomic E-state index is 12.3. The van der Waals surface area contributed by atoms with Crippen molar-refractivity contribution in [3.63, 3.8) is 0 Å². The van der Waals surface area contributed by atoms with Crippen LogP contribution in [0, 0.1) is 11.8 Å². The molecule has 138 valence electrons. The summed E-state index contributed by atoms with van der Waals surface area (Å²) in [6.45, 7) is 0.0494. The van der Waals surface area contributed by atoms with E-state index in [1.54, 1.807) is 12.1 Å². The Morgan fingerprint density at radius 2 is 1.48 bits per heavy atom. The van der Waals surface area contributed by atoms with Crippen molar-refractivity contribution < 1.29 is 38.0 Å². The van der Waals surface area contributed by atoms with E-state index in [1.165, 1.54) is 35.5 Å². The van der Waals surface area contributed by atoms with Gasteiger partial charge in [-0.25, -0.2) is 0 Å². The maximum atomic E-state index is 12.3. The van der Waals surface area contributed by atoms with E-state index in [-0.39, 0.29) is 6.61 Å². The number of ether oxygens (including phenoxy) is 6. The van der Waals surface area contributed by atoms with Crippen LogP contribution in [0.4, 0.5) is 0 Å². The highest BCUT2D eigenvalue weighted by Gasteiger charge is 2.48. The van der Waals surface area contributed by atoms with Crippen LogP contribution in [-0.4, -0.2) is 54.1 Å². The monoisotopic (exact) mass is 354 g/mol. The third-order valence-electron chi connectivity index (χ3n) is 4.21. The number of benzene rings is 1. The number of methoxy groups -OCH3 is 5. The van der Waals surface area contributed by atoms with Crippen LogP contribution >= 0.6 is 0 Å². The fourth-order valence-corrected chi connectivity index (χ4v) is 2.98. The van der Waals surface area contributed by atoms with Crippen molar-refractivity contribution in [2.24, 2.45) is 11.8 Å². The average Bonchev–Trinajstić information content (AvgIpc) is 3.10. The van der Waals surface area contributed by atoms with E-state index < -0.39 is 29.9 Å². The molecule has 0 unspecified atom stereocenters. The summed E-state index contributed by atoms with van der Waals surface area (Å²) in [6, 6.07) is 3.36. The Morgan fingerprint density at radius 1 is 0.920 bits per heavy atom. The largest absolute Gasteiger partial charge is 0.493 e. The maximum Gasteiger partial charge on any atom is 0.312 e. The molecular formula is C17H22O8. The molecular weight excluding hydrogens is 332 g/mol. The van der Waals surface area contributed by atoms with E-state index in [2.05, 4.69) is 0 Å². The predicted octanol–water partition coefficient (Wildman–Crippen LogP) is 1.36. The molecule has 0 amide bonds. The highest BCUT2D eigenvalue weighted by molar-refractivity contribution is 5.83. The van der Waals surface area contributed by atoms with Crippen molar-refractivity contribution in [3.05, 3.63) is 17.7 Å². The van der Waals surface area contributed by atoms with Crippen molar-refractivity contribution in [1.29, 1.82) is 0 Å². The predicted molar refractivity (Wildman–Crippen MR) is 85.8 cm³/mol. The Labute approximate surface area is 145 Å². The zero-order valence-corrected chi connectivity index (χ0v) is 14.9. The molecule has 1 aromatic carbocycles. The quantitative estimate of drug-likeness (QED) is 0.708. The number of rotatable bonds is 6. The number of esters is 2. The van der Waals surface area contributed by atoms with Gasteiger partial charge in [0.15, 0.2) is 11.5 Å². The minimum atomic E-state index is -0.833. The molecule has 0 radical (unpaired) electrons. The van der Waals surface area contributed by atoms with Crippen LogP contribution in [-0.2, 0) is 23.8 Å². The second kappa shape index (κ2) is 8.06. The summed E-state index contributed by atoms with van der Waals surface area (Å²) in [5.41, 5.74) is 0.608. The van der Waals surface area contributed by atoms with Gasteiger partial charge < -0.3 is 28.4 Å². The second-order valence-corrected chi connectivity index (χ2v) is 5.39. The molecule has 0 bridgehead atoms. The van der Waals surface area contributed by atoms with Crippen molar-refractivity contribution in [3.8, 4) is 17.2 Å². The van der Waals surface area contributed by atoms with Crippen LogP contribution in [0.25, 0.3) is 0 Å². The Balaban J connectivity index is 2.48. The summed E-state index contributed by atoms with van der Waals surface area (Å²) < 4.78 is 31.3. The highest BCUT2D eigenvalue weighted by atomic mass is 16.6. The lowest BCUT2D eigenvalue weighted by molar-refractivity contribution is -0.156. The first kappa shape index (κ1) is 18.9. The summed E-state index contributed by atoms with van der Waals surface area (Å²) in [5.74, 6) is -1.39. The van der Waals surface area contributed by atoms with E-state index >= 15 is 0 Å². The summed E-state index contributed by atoms with van der Waals surface area (Å²) >= 11 is 0. The molecule has 25 heavy (non-hydrogen) atoms. The summed E-state index contributed by atoms with van der Waals surface area (Å²) in [5, 5.41) is 0. The average molecular weight is 354 g/mol. The van der Waals surface area contributed by atoms with Crippen LogP contribution in [0.3, 0.4) is 0 Å². The minimum absolute atomic E-state index is 0.0494. The molecule has 0 saturated carbocycles. The van der Waals surface area contributed by atoms with E-state index in [0.717, 1.165) is 0 Å². The lowest BCUT2D eigenvalue weighted by atomic mass is 9.87. The molecule has 1 saturated heterocycles. The van der Waals surface area contributed by atoms with E-state index in [1.807, 2.05) is 0 Å². The Bertz CT molecular complexity index is 617. The van der Waals surface area contributed by atoms with Crippen molar-refractivity contribution in [2.75, 3.05) is 42.2 Å². The van der Waals surface area contributed by atoms with Gasteiger partial charge in [0.1, 0.15) is 5.92 Å². The van der Waals surface area contributed by atoms with Gasteiger partial charge in [-0.15, -0.1) is 0 Å². The lowest BCUT2D eigenvalue weighted by Crippen LogP contribution is -2.31. The number of carbonyl (C=O) groups is 2. The zero-order chi connectivity index (χ0) is 18.6. The smallest absolute Gasteiger partial charge is 0.312 e. The van der Waals surface area contributed by atoms with Crippen LogP contribution < -0.4 is 14.2 Å². The molecule has 0 aromatic heterocycles. The van der Waals surface area contributed by atoms with Crippen LogP contribution in [0.5, 0.6) is 17.2 Å². The van der Waals surface area contributed by atoms with Gasteiger partial charge in [0, 0.05) is 0 Å². The van der Waals surface area contributed by atoms with E-state index in [0.29, 0.717) is 22.8 Å². The fourth-order valence-electron chi connectivity index (χ4n) is 2.98. The molecule has 8 heteroatoms. The third-order valence-corrected chi connectivity index (χ3v) is 4.21. The first-order valence-corrected chi connectivity index (χ1v) is 7.59. The summed E-state index contributed by atoms with van der Waals surface area (Å²) in [4.78, 5) is 24.3. The van der Waals surface area contributed by atoms with Crippen molar-refractivity contribution >= 4 is 11.9 Å². The molecule has 1 heterocycles. The van der Waals surface area contributed by atoms with Crippen molar-refractivity contribution in [2.45, 2.75) is 6.10 Å².